The van der Waals surface area contributed by atoms with Crippen molar-refractivity contribution in [1.82, 2.24) is 0 Å². The Bertz CT molecular complexity index is 1030. The third kappa shape index (κ3) is 5.84. The average Bonchev–Trinajstić information content (AvgIpc) is 2.73. The SMILES string of the molecule is CC(C)COc1ccc(C(=O)Nc2cccc(NC(=O)c3ccccc3Cl)c2)cc1. The van der Waals surface area contributed by atoms with Gasteiger partial charge in [0.05, 0.1) is 17.2 Å². The Labute approximate surface area is 181 Å². The van der Waals surface area contributed by atoms with E-state index in [9.17, 15) is 9.59 Å². The lowest BCUT2D eigenvalue weighted by molar-refractivity contribution is 0.101. The van der Waals surface area contributed by atoms with Crippen molar-refractivity contribution < 1.29 is 14.3 Å². The second-order valence-electron chi connectivity index (χ2n) is 7.20. The second-order valence-corrected chi connectivity index (χ2v) is 7.61. The van der Waals surface area contributed by atoms with Crippen molar-refractivity contribution in [1.29, 1.82) is 0 Å². The van der Waals surface area contributed by atoms with E-state index in [1.807, 2.05) is 0 Å². The summed E-state index contributed by atoms with van der Waals surface area (Å²) in [5.74, 6) is 0.587. The van der Waals surface area contributed by atoms with Crippen LogP contribution in [0.15, 0.2) is 72.8 Å². The van der Waals surface area contributed by atoms with E-state index in [1.54, 1.807) is 72.8 Å². The number of nitrogens with one attached hydrogen (secondary N) is 2. The number of ether oxygens (including phenoxy) is 1. The first-order chi connectivity index (χ1) is 14.4. The smallest absolute Gasteiger partial charge is 0.257 e. The van der Waals surface area contributed by atoms with E-state index < -0.39 is 0 Å². The summed E-state index contributed by atoms with van der Waals surface area (Å²) in [6.07, 6.45) is 0. The topological polar surface area (TPSA) is 67.4 Å². The molecule has 0 atom stereocenters. The van der Waals surface area contributed by atoms with Crippen LogP contribution in [0.5, 0.6) is 5.75 Å². The Kier molecular flexibility index (Phi) is 7.09. The van der Waals surface area contributed by atoms with Crippen LogP contribution in [-0.2, 0) is 0 Å². The molecule has 0 saturated heterocycles. The maximum Gasteiger partial charge on any atom is 0.257 e. The van der Waals surface area contributed by atoms with Gasteiger partial charge in [0.25, 0.3) is 11.8 Å². The van der Waals surface area contributed by atoms with Gasteiger partial charge < -0.3 is 15.4 Å². The number of amides is 2. The van der Waals surface area contributed by atoms with Crippen molar-refractivity contribution in [2.75, 3.05) is 17.2 Å². The molecule has 6 heteroatoms. The third-order valence-corrected chi connectivity index (χ3v) is 4.53. The lowest BCUT2D eigenvalue weighted by Gasteiger charge is -2.11. The van der Waals surface area contributed by atoms with Gasteiger partial charge in [-0.25, -0.2) is 0 Å². The van der Waals surface area contributed by atoms with Crippen molar-refractivity contribution in [3.8, 4) is 5.75 Å². The van der Waals surface area contributed by atoms with Gasteiger partial charge in [0, 0.05) is 16.9 Å². The summed E-state index contributed by atoms with van der Waals surface area (Å²) < 4.78 is 5.64. The highest BCUT2D eigenvalue weighted by Crippen LogP contribution is 2.20. The number of hydrogen-bond donors (Lipinski definition) is 2. The lowest BCUT2D eigenvalue weighted by Crippen LogP contribution is -2.14. The number of carbonyl (C=O) groups excluding carboxylic acids is 2. The summed E-state index contributed by atoms with van der Waals surface area (Å²) in [7, 11) is 0. The maximum absolute atomic E-state index is 12.5. The van der Waals surface area contributed by atoms with Crippen LogP contribution in [0.1, 0.15) is 34.6 Å². The summed E-state index contributed by atoms with van der Waals surface area (Å²) in [5, 5.41) is 6.00. The molecule has 3 rings (SSSR count). The molecule has 0 unspecified atom stereocenters. The van der Waals surface area contributed by atoms with Gasteiger partial charge in [0.15, 0.2) is 0 Å². The summed E-state index contributed by atoms with van der Waals surface area (Å²) in [5.41, 5.74) is 2.01. The first-order valence-electron chi connectivity index (χ1n) is 9.62. The molecule has 3 aromatic rings. The van der Waals surface area contributed by atoms with Crippen LogP contribution < -0.4 is 15.4 Å². The fourth-order valence-corrected chi connectivity index (χ4v) is 2.91. The van der Waals surface area contributed by atoms with Crippen LogP contribution in [0, 0.1) is 5.92 Å². The normalized spacial score (nSPS) is 10.5. The first-order valence-corrected chi connectivity index (χ1v) is 10.0. The van der Waals surface area contributed by atoms with E-state index in [0.29, 0.717) is 40.0 Å². The zero-order valence-electron chi connectivity index (χ0n) is 16.8. The Hall–Kier alpha value is -3.31. The molecule has 30 heavy (non-hydrogen) atoms. The van der Waals surface area contributed by atoms with Gasteiger partial charge in [-0.05, 0) is 60.5 Å². The van der Waals surface area contributed by atoms with Gasteiger partial charge in [-0.1, -0.05) is 43.6 Å². The van der Waals surface area contributed by atoms with Crippen LogP contribution in [0.3, 0.4) is 0 Å². The van der Waals surface area contributed by atoms with Crippen molar-refractivity contribution in [2.45, 2.75) is 13.8 Å². The molecule has 0 radical (unpaired) electrons. The van der Waals surface area contributed by atoms with Gasteiger partial charge in [-0.2, -0.15) is 0 Å². The predicted molar refractivity (Wildman–Crippen MR) is 121 cm³/mol. The molecule has 0 fully saturated rings. The number of benzene rings is 3. The molecule has 0 aromatic heterocycles. The Morgan fingerprint density at radius 1 is 0.867 bits per heavy atom. The maximum atomic E-state index is 12.5. The highest BCUT2D eigenvalue weighted by atomic mass is 35.5. The second kappa shape index (κ2) is 9.94. The van der Waals surface area contributed by atoms with E-state index in [2.05, 4.69) is 24.5 Å². The van der Waals surface area contributed by atoms with Crippen molar-refractivity contribution in [2.24, 2.45) is 5.92 Å². The van der Waals surface area contributed by atoms with E-state index in [4.69, 9.17) is 16.3 Å². The summed E-state index contributed by atoms with van der Waals surface area (Å²) in [4.78, 5) is 25.0. The quantitative estimate of drug-likeness (QED) is 0.499. The summed E-state index contributed by atoms with van der Waals surface area (Å²) >= 11 is 6.07. The Morgan fingerprint density at radius 3 is 2.13 bits per heavy atom. The number of rotatable bonds is 7. The molecular formula is C24H23ClN2O3. The molecule has 0 aliphatic carbocycles. The largest absolute Gasteiger partial charge is 0.493 e. The molecule has 0 heterocycles. The van der Waals surface area contributed by atoms with Gasteiger partial charge in [-0.15, -0.1) is 0 Å². The Morgan fingerprint density at radius 2 is 1.50 bits per heavy atom. The number of anilines is 2. The third-order valence-electron chi connectivity index (χ3n) is 4.20. The van der Waals surface area contributed by atoms with Gasteiger partial charge >= 0.3 is 0 Å². The predicted octanol–water partition coefficient (Wildman–Crippen LogP) is 5.88. The van der Waals surface area contributed by atoms with Crippen LogP contribution >= 0.6 is 11.6 Å². The molecule has 0 aliphatic heterocycles. The lowest BCUT2D eigenvalue weighted by atomic mass is 10.2. The zero-order valence-corrected chi connectivity index (χ0v) is 17.6. The fourth-order valence-electron chi connectivity index (χ4n) is 2.69. The van der Waals surface area contributed by atoms with Crippen LogP contribution in [0.25, 0.3) is 0 Å². The van der Waals surface area contributed by atoms with Gasteiger partial charge in [0.1, 0.15) is 5.75 Å². The van der Waals surface area contributed by atoms with Crippen LogP contribution in [0.2, 0.25) is 5.02 Å². The molecule has 0 bridgehead atoms. The molecule has 0 saturated carbocycles. The standard InChI is InChI=1S/C24H23ClN2O3/c1-16(2)15-30-20-12-10-17(11-13-20)23(28)26-18-6-5-7-19(14-18)27-24(29)21-8-3-4-9-22(21)25/h3-14,16H,15H2,1-2H3,(H,26,28)(H,27,29). The molecule has 0 spiro atoms. The molecule has 2 N–H and O–H groups in total. The van der Waals surface area contributed by atoms with E-state index in [1.165, 1.54) is 0 Å². The van der Waals surface area contributed by atoms with Crippen LogP contribution in [-0.4, -0.2) is 18.4 Å². The molecule has 5 nitrogen and oxygen atoms in total. The monoisotopic (exact) mass is 422 g/mol. The first kappa shape index (κ1) is 21.4. The van der Waals surface area contributed by atoms with E-state index >= 15 is 0 Å². The summed E-state index contributed by atoms with van der Waals surface area (Å²) in [6, 6.07) is 20.7. The van der Waals surface area contributed by atoms with Crippen molar-refractivity contribution >= 4 is 34.8 Å². The number of hydrogen-bond acceptors (Lipinski definition) is 3. The minimum Gasteiger partial charge on any atom is -0.493 e. The molecular weight excluding hydrogens is 400 g/mol. The highest BCUT2D eigenvalue weighted by molar-refractivity contribution is 6.34. The molecule has 0 aliphatic rings. The average molecular weight is 423 g/mol. The van der Waals surface area contributed by atoms with E-state index in [0.717, 1.165) is 5.75 Å². The summed E-state index contributed by atoms with van der Waals surface area (Å²) in [6.45, 7) is 4.78. The minimum atomic E-state index is -0.318. The van der Waals surface area contributed by atoms with E-state index in [-0.39, 0.29) is 11.8 Å². The molecule has 3 aromatic carbocycles. The number of halogens is 1. The highest BCUT2D eigenvalue weighted by Gasteiger charge is 2.11. The van der Waals surface area contributed by atoms with Crippen molar-refractivity contribution in [3.63, 3.8) is 0 Å². The number of carbonyl (C=O) groups is 2. The Balaban J connectivity index is 1.64. The van der Waals surface area contributed by atoms with Crippen LogP contribution in [0.4, 0.5) is 11.4 Å². The molecule has 2 amide bonds. The van der Waals surface area contributed by atoms with Crippen molar-refractivity contribution in [3.05, 3.63) is 88.9 Å². The fraction of sp³-hybridized carbons (Fsp3) is 0.167. The zero-order chi connectivity index (χ0) is 21.5. The van der Waals surface area contributed by atoms with Gasteiger partial charge in [0.2, 0.25) is 0 Å². The minimum absolute atomic E-state index is 0.250. The molecule has 154 valence electrons. The van der Waals surface area contributed by atoms with Gasteiger partial charge in [-0.3, -0.25) is 9.59 Å².